The van der Waals surface area contributed by atoms with E-state index >= 15 is 0 Å². The van der Waals surface area contributed by atoms with Crippen LogP contribution in [0.3, 0.4) is 0 Å². The minimum absolute atomic E-state index is 0.109. The van der Waals surface area contributed by atoms with Crippen molar-refractivity contribution in [3.63, 3.8) is 0 Å². The number of nitrogens with one attached hydrogen (secondary N) is 1. The van der Waals surface area contributed by atoms with E-state index in [0.29, 0.717) is 0 Å². The Kier molecular flexibility index (Phi) is 7.35. The third-order valence-electron chi connectivity index (χ3n) is 2.22. The summed E-state index contributed by atoms with van der Waals surface area (Å²) in [5.41, 5.74) is -0.872. The van der Waals surface area contributed by atoms with Crippen LogP contribution in [0.4, 0.5) is 0 Å². The number of hydrogen-bond donors (Lipinski definition) is 3. The van der Waals surface area contributed by atoms with Gasteiger partial charge in [-0.15, -0.1) is 0 Å². The summed E-state index contributed by atoms with van der Waals surface area (Å²) in [6.45, 7) is 7.05. The van der Waals surface area contributed by atoms with Crippen molar-refractivity contribution < 1.29 is 29.3 Å². The molecule has 0 aromatic heterocycles. The summed E-state index contributed by atoms with van der Waals surface area (Å²) >= 11 is 0.999. The molecule has 0 spiro atoms. The van der Waals surface area contributed by atoms with Crippen LogP contribution in [0.1, 0.15) is 34.6 Å². The van der Waals surface area contributed by atoms with Crippen molar-refractivity contribution in [2.24, 2.45) is 5.92 Å². The van der Waals surface area contributed by atoms with E-state index in [1.165, 1.54) is 6.92 Å². The Balaban J connectivity index is 4.38. The first-order valence-corrected chi connectivity index (χ1v) is 7.43. The van der Waals surface area contributed by atoms with Gasteiger partial charge in [0.2, 0.25) is 5.91 Å². The molecule has 0 rings (SSSR count). The topological polar surface area (TPSA) is 113 Å². The minimum Gasteiger partial charge on any atom is -0.456 e. The zero-order valence-electron chi connectivity index (χ0n) is 12.9. The molecule has 0 bridgehead atoms. The third-order valence-corrected chi connectivity index (χ3v) is 3.29. The lowest BCUT2D eigenvalue weighted by atomic mass is 10.1. The van der Waals surface area contributed by atoms with E-state index in [4.69, 9.17) is 4.74 Å². The van der Waals surface area contributed by atoms with Crippen LogP contribution in [0, 0.1) is 5.92 Å². The highest BCUT2D eigenvalue weighted by atomic mass is 32.2. The maximum absolute atomic E-state index is 11.7. The Hall–Kier alpha value is -1.12. The summed E-state index contributed by atoms with van der Waals surface area (Å²) in [7, 11) is 0. The Morgan fingerprint density at radius 3 is 2.19 bits per heavy atom. The molecule has 7 nitrogen and oxygen atoms in total. The fourth-order valence-electron chi connectivity index (χ4n) is 1.13. The molecule has 122 valence electrons. The van der Waals surface area contributed by atoms with Gasteiger partial charge >= 0.3 is 5.97 Å². The van der Waals surface area contributed by atoms with Gasteiger partial charge in [0.1, 0.15) is 5.60 Å². The van der Waals surface area contributed by atoms with E-state index in [1.807, 2.05) is 0 Å². The highest BCUT2D eigenvalue weighted by molar-refractivity contribution is 8.13. The van der Waals surface area contributed by atoms with Gasteiger partial charge in [-0.1, -0.05) is 18.7 Å². The predicted octanol–water partition coefficient (Wildman–Crippen LogP) is 0.0410. The highest BCUT2D eigenvalue weighted by Gasteiger charge is 2.38. The van der Waals surface area contributed by atoms with Gasteiger partial charge < -0.3 is 20.3 Å². The van der Waals surface area contributed by atoms with Gasteiger partial charge in [0, 0.05) is 18.6 Å². The summed E-state index contributed by atoms with van der Waals surface area (Å²) < 4.78 is 4.84. The average molecular weight is 321 g/mol. The SMILES string of the molecule is CC(=O)SC[C@@H](C)C(=O)NCC(O)(O)C(=O)OC(C)(C)C. The third kappa shape index (κ3) is 8.69. The fourth-order valence-corrected chi connectivity index (χ4v) is 1.77. The van der Waals surface area contributed by atoms with Crippen molar-refractivity contribution in [1.82, 2.24) is 5.32 Å². The normalized spacial score (nSPS) is 13.5. The number of esters is 1. The first-order valence-electron chi connectivity index (χ1n) is 6.44. The molecule has 0 aromatic carbocycles. The molecule has 0 saturated carbocycles. The molecule has 0 unspecified atom stereocenters. The number of carbonyl (C=O) groups excluding carboxylic acids is 3. The molecular formula is C13H23NO6S. The first kappa shape index (κ1) is 19.9. The quantitative estimate of drug-likeness (QED) is 0.467. The van der Waals surface area contributed by atoms with Gasteiger partial charge in [-0.3, -0.25) is 9.59 Å². The van der Waals surface area contributed by atoms with Crippen LogP contribution in [0.25, 0.3) is 0 Å². The van der Waals surface area contributed by atoms with Crippen molar-refractivity contribution in [2.75, 3.05) is 12.3 Å². The molecule has 0 aromatic rings. The van der Waals surface area contributed by atoms with Crippen LogP contribution in [0.5, 0.6) is 0 Å². The Bertz CT molecular complexity index is 402. The standard InChI is InChI=1S/C13H23NO6S/c1-8(6-21-9(2)15)10(16)14-7-13(18,19)11(17)20-12(3,4)5/h8,18-19H,6-7H2,1-5H3,(H,14,16)/t8-/m1/s1. The first-order chi connectivity index (χ1) is 9.35. The van der Waals surface area contributed by atoms with Crippen LogP contribution in [-0.2, 0) is 19.1 Å². The number of ether oxygens (including phenoxy) is 1. The van der Waals surface area contributed by atoms with E-state index < -0.39 is 35.7 Å². The number of carbonyl (C=O) groups is 3. The highest BCUT2D eigenvalue weighted by Crippen LogP contribution is 2.13. The molecular weight excluding hydrogens is 298 g/mol. The number of hydrogen-bond acceptors (Lipinski definition) is 7. The van der Waals surface area contributed by atoms with Crippen molar-refractivity contribution in [2.45, 2.75) is 46.0 Å². The summed E-state index contributed by atoms with van der Waals surface area (Å²) in [6, 6.07) is 0. The zero-order valence-corrected chi connectivity index (χ0v) is 13.7. The fraction of sp³-hybridized carbons (Fsp3) is 0.769. The maximum atomic E-state index is 11.7. The summed E-state index contributed by atoms with van der Waals surface area (Å²) in [5.74, 6) is -4.75. The molecule has 0 radical (unpaired) electrons. The zero-order chi connectivity index (χ0) is 16.8. The molecule has 8 heteroatoms. The summed E-state index contributed by atoms with van der Waals surface area (Å²) in [5, 5.41) is 21.3. The molecule has 1 atom stereocenters. The molecule has 0 heterocycles. The van der Waals surface area contributed by atoms with Crippen molar-refractivity contribution in [1.29, 1.82) is 0 Å². The van der Waals surface area contributed by atoms with Crippen LogP contribution < -0.4 is 5.32 Å². The smallest absolute Gasteiger partial charge is 0.368 e. The van der Waals surface area contributed by atoms with E-state index in [-0.39, 0.29) is 10.9 Å². The van der Waals surface area contributed by atoms with Crippen molar-refractivity contribution in [3.8, 4) is 0 Å². The summed E-state index contributed by atoms with van der Waals surface area (Å²) in [4.78, 5) is 34.1. The van der Waals surface area contributed by atoms with E-state index in [9.17, 15) is 24.6 Å². The van der Waals surface area contributed by atoms with Crippen LogP contribution >= 0.6 is 11.8 Å². The van der Waals surface area contributed by atoms with Gasteiger partial charge in [0.05, 0.1) is 6.54 Å². The number of rotatable bonds is 6. The van der Waals surface area contributed by atoms with Crippen LogP contribution in [0.2, 0.25) is 0 Å². The van der Waals surface area contributed by atoms with Crippen LogP contribution in [-0.4, -0.2) is 50.9 Å². The Morgan fingerprint density at radius 1 is 1.24 bits per heavy atom. The second-order valence-electron chi connectivity index (χ2n) is 5.74. The second kappa shape index (κ2) is 7.77. The van der Waals surface area contributed by atoms with Crippen molar-refractivity contribution in [3.05, 3.63) is 0 Å². The Labute approximate surface area is 128 Å². The lowest BCUT2D eigenvalue weighted by Crippen LogP contribution is -2.52. The van der Waals surface area contributed by atoms with Gasteiger partial charge in [0.25, 0.3) is 5.79 Å². The monoisotopic (exact) mass is 321 g/mol. The second-order valence-corrected chi connectivity index (χ2v) is 6.94. The van der Waals surface area contributed by atoms with E-state index in [2.05, 4.69) is 5.32 Å². The van der Waals surface area contributed by atoms with Crippen molar-refractivity contribution >= 4 is 28.8 Å². The molecule has 0 fully saturated rings. The average Bonchev–Trinajstić information content (AvgIpc) is 2.30. The molecule has 1 amide bonds. The van der Waals surface area contributed by atoms with Gasteiger partial charge in [-0.05, 0) is 20.8 Å². The lowest BCUT2D eigenvalue weighted by Gasteiger charge is -2.26. The molecule has 0 aliphatic heterocycles. The Morgan fingerprint density at radius 2 is 1.76 bits per heavy atom. The number of amides is 1. The molecule has 3 N–H and O–H groups in total. The molecule has 0 aliphatic carbocycles. The lowest BCUT2D eigenvalue weighted by molar-refractivity contribution is -0.217. The molecule has 21 heavy (non-hydrogen) atoms. The number of thioether (sulfide) groups is 1. The van der Waals surface area contributed by atoms with Gasteiger partial charge in [0.15, 0.2) is 5.12 Å². The number of aliphatic hydroxyl groups is 2. The van der Waals surface area contributed by atoms with Gasteiger partial charge in [-0.25, -0.2) is 4.79 Å². The maximum Gasteiger partial charge on any atom is 0.368 e. The van der Waals surface area contributed by atoms with Gasteiger partial charge in [-0.2, -0.15) is 0 Å². The minimum atomic E-state index is -2.80. The summed E-state index contributed by atoms with van der Waals surface area (Å²) in [6.07, 6.45) is 0. The molecule has 0 aliphatic rings. The van der Waals surface area contributed by atoms with E-state index in [1.54, 1.807) is 27.7 Å². The predicted molar refractivity (Wildman–Crippen MR) is 78.3 cm³/mol. The van der Waals surface area contributed by atoms with Crippen LogP contribution in [0.15, 0.2) is 0 Å². The largest absolute Gasteiger partial charge is 0.456 e. The van der Waals surface area contributed by atoms with E-state index in [0.717, 1.165) is 11.8 Å². The molecule has 0 saturated heterocycles.